The van der Waals surface area contributed by atoms with Gasteiger partial charge in [-0.1, -0.05) is 18.2 Å². The van der Waals surface area contributed by atoms with E-state index < -0.39 is 0 Å². The van der Waals surface area contributed by atoms with Crippen molar-refractivity contribution in [1.29, 1.82) is 0 Å². The lowest BCUT2D eigenvalue weighted by Gasteiger charge is -2.19. The largest absolute Gasteiger partial charge is 0.369 e. The minimum Gasteiger partial charge on any atom is -0.369 e. The van der Waals surface area contributed by atoms with Crippen molar-refractivity contribution in [2.45, 2.75) is 6.42 Å². The van der Waals surface area contributed by atoms with Crippen molar-refractivity contribution < 1.29 is 0 Å². The Labute approximate surface area is 125 Å². The SMILES string of the molecule is CN(C)CCNc1cc(N2CCc3ccccc32)ncn1. The number of nitrogens with zero attached hydrogens (tertiary/aromatic N) is 4. The molecular weight excluding hydrogens is 262 g/mol. The maximum absolute atomic E-state index is 4.43. The zero-order chi connectivity index (χ0) is 14.7. The molecule has 1 N–H and O–H groups in total. The molecule has 0 atom stereocenters. The Hall–Kier alpha value is -2.14. The van der Waals surface area contributed by atoms with Crippen molar-refractivity contribution in [1.82, 2.24) is 14.9 Å². The third kappa shape index (κ3) is 3.13. The minimum absolute atomic E-state index is 0.875. The molecule has 0 radical (unpaired) electrons. The van der Waals surface area contributed by atoms with Crippen molar-refractivity contribution in [3.63, 3.8) is 0 Å². The zero-order valence-corrected chi connectivity index (χ0v) is 12.6. The van der Waals surface area contributed by atoms with Crippen molar-refractivity contribution >= 4 is 17.3 Å². The molecule has 0 amide bonds. The lowest BCUT2D eigenvalue weighted by Crippen LogP contribution is -2.21. The number of nitrogens with one attached hydrogen (secondary N) is 1. The third-order valence-corrected chi connectivity index (χ3v) is 3.68. The maximum atomic E-state index is 4.43. The molecule has 5 nitrogen and oxygen atoms in total. The first-order valence-corrected chi connectivity index (χ1v) is 7.30. The number of fused-ring (bicyclic) bond motifs is 1. The predicted molar refractivity (Wildman–Crippen MR) is 86.2 cm³/mol. The molecule has 0 spiro atoms. The Bertz CT molecular complexity index is 611. The highest BCUT2D eigenvalue weighted by molar-refractivity contribution is 5.68. The van der Waals surface area contributed by atoms with E-state index in [1.54, 1.807) is 6.33 Å². The molecule has 110 valence electrons. The average molecular weight is 283 g/mol. The van der Waals surface area contributed by atoms with E-state index in [0.717, 1.165) is 37.7 Å². The van der Waals surface area contributed by atoms with Crippen molar-refractivity contribution in [2.24, 2.45) is 0 Å². The van der Waals surface area contributed by atoms with Gasteiger partial charge in [0.05, 0.1) is 0 Å². The number of anilines is 3. The van der Waals surface area contributed by atoms with Gasteiger partial charge in [-0.3, -0.25) is 0 Å². The smallest absolute Gasteiger partial charge is 0.138 e. The Morgan fingerprint density at radius 3 is 2.95 bits per heavy atom. The summed E-state index contributed by atoms with van der Waals surface area (Å²) in [7, 11) is 4.13. The van der Waals surface area contributed by atoms with Gasteiger partial charge >= 0.3 is 0 Å². The van der Waals surface area contributed by atoms with Crippen LogP contribution >= 0.6 is 0 Å². The molecule has 1 aromatic carbocycles. The van der Waals surface area contributed by atoms with E-state index in [-0.39, 0.29) is 0 Å². The van der Waals surface area contributed by atoms with Gasteiger partial charge in [0, 0.05) is 31.4 Å². The summed E-state index contributed by atoms with van der Waals surface area (Å²) in [5.74, 6) is 1.84. The quantitative estimate of drug-likeness (QED) is 0.911. The van der Waals surface area contributed by atoms with Crippen LogP contribution in [-0.2, 0) is 6.42 Å². The first-order valence-electron chi connectivity index (χ1n) is 7.30. The van der Waals surface area contributed by atoms with Crippen LogP contribution in [0.4, 0.5) is 17.3 Å². The van der Waals surface area contributed by atoms with Crippen LogP contribution in [0.5, 0.6) is 0 Å². The minimum atomic E-state index is 0.875. The molecule has 0 aliphatic carbocycles. The molecule has 1 aromatic heterocycles. The number of para-hydroxylation sites is 1. The molecule has 0 bridgehead atoms. The van der Waals surface area contributed by atoms with Crippen LogP contribution in [-0.4, -0.2) is 48.6 Å². The van der Waals surface area contributed by atoms with E-state index in [0.29, 0.717) is 0 Å². The van der Waals surface area contributed by atoms with E-state index in [1.807, 2.05) is 6.07 Å². The summed E-state index contributed by atoms with van der Waals surface area (Å²) in [4.78, 5) is 13.1. The average Bonchev–Trinajstić information content (AvgIpc) is 2.91. The van der Waals surface area contributed by atoms with Crippen LogP contribution in [0.1, 0.15) is 5.56 Å². The Balaban J connectivity index is 1.75. The first kappa shape index (κ1) is 13.8. The standard InChI is InChI=1S/C16H21N5/c1-20(2)10-8-17-15-11-16(19-12-18-15)21-9-7-13-5-3-4-6-14(13)21/h3-6,11-12H,7-10H2,1-2H3,(H,17,18,19). The van der Waals surface area contributed by atoms with Crippen molar-refractivity contribution in [2.75, 3.05) is 43.9 Å². The molecule has 2 aromatic rings. The second kappa shape index (κ2) is 6.10. The summed E-state index contributed by atoms with van der Waals surface area (Å²) in [5, 5.41) is 3.34. The number of hydrogen-bond donors (Lipinski definition) is 1. The fourth-order valence-corrected chi connectivity index (χ4v) is 2.58. The van der Waals surface area contributed by atoms with Crippen molar-refractivity contribution in [3.8, 4) is 0 Å². The van der Waals surface area contributed by atoms with E-state index in [2.05, 4.69) is 63.4 Å². The number of benzene rings is 1. The molecular formula is C16H21N5. The van der Waals surface area contributed by atoms with Gasteiger partial charge in [-0.2, -0.15) is 0 Å². The van der Waals surface area contributed by atoms with Crippen LogP contribution in [0, 0.1) is 0 Å². The van der Waals surface area contributed by atoms with Crippen molar-refractivity contribution in [3.05, 3.63) is 42.2 Å². The Morgan fingerprint density at radius 2 is 2.10 bits per heavy atom. The highest BCUT2D eigenvalue weighted by atomic mass is 15.2. The van der Waals surface area contributed by atoms with Gasteiger partial charge in [-0.25, -0.2) is 9.97 Å². The van der Waals surface area contributed by atoms with E-state index >= 15 is 0 Å². The fourth-order valence-electron chi connectivity index (χ4n) is 2.58. The molecule has 21 heavy (non-hydrogen) atoms. The Morgan fingerprint density at radius 1 is 1.24 bits per heavy atom. The first-order chi connectivity index (χ1) is 10.2. The molecule has 5 heteroatoms. The molecule has 1 aliphatic heterocycles. The van der Waals surface area contributed by atoms with Gasteiger partial charge in [0.2, 0.25) is 0 Å². The normalized spacial score (nSPS) is 13.6. The molecule has 2 heterocycles. The lowest BCUT2D eigenvalue weighted by atomic mass is 10.2. The second-order valence-corrected chi connectivity index (χ2v) is 5.52. The number of aromatic nitrogens is 2. The Kier molecular flexibility index (Phi) is 4.01. The summed E-state index contributed by atoms with van der Waals surface area (Å²) >= 11 is 0. The van der Waals surface area contributed by atoms with E-state index in [1.165, 1.54) is 11.3 Å². The number of hydrogen-bond acceptors (Lipinski definition) is 5. The number of likely N-dealkylation sites (N-methyl/N-ethyl adjacent to an activating group) is 1. The summed E-state index contributed by atoms with van der Waals surface area (Å²) in [6, 6.07) is 10.5. The van der Waals surface area contributed by atoms with Gasteiger partial charge in [-0.05, 0) is 32.1 Å². The maximum Gasteiger partial charge on any atom is 0.138 e. The van der Waals surface area contributed by atoms with Gasteiger partial charge < -0.3 is 15.1 Å². The fraction of sp³-hybridized carbons (Fsp3) is 0.375. The highest BCUT2D eigenvalue weighted by Gasteiger charge is 2.20. The highest BCUT2D eigenvalue weighted by Crippen LogP contribution is 2.33. The summed E-state index contributed by atoms with van der Waals surface area (Å²) in [5.41, 5.74) is 2.65. The summed E-state index contributed by atoms with van der Waals surface area (Å²) in [6.45, 7) is 2.83. The molecule has 1 aliphatic rings. The van der Waals surface area contributed by atoms with Crippen LogP contribution in [0.2, 0.25) is 0 Å². The molecule has 0 saturated heterocycles. The molecule has 3 rings (SSSR count). The summed E-state index contributed by atoms with van der Waals surface area (Å²) < 4.78 is 0. The third-order valence-electron chi connectivity index (χ3n) is 3.68. The van der Waals surface area contributed by atoms with Gasteiger partial charge in [0.1, 0.15) is 18.0 Å². The summed E-state index contributed by atoms with van der Waals surface area (Å²) in [6.07, 6.45) is 2.71. The predicted octanol–water partition coefficient (Wildman–Crippen LogP) is 2.14. The lowest BCUT2D eigenvalue weighted by molar-refractivity contribution is 0.425. The van der Waals surface area contributed by atoms with E-state index in [9.17, 15) is 0 Å². The van der Waals surface area contributed by atoms with Gasteiger partial charge in [-0.15, -0.1) is 0 Å². The molecule has 0 fully saturated rings. The topological polar surface area (TPSA) is 44.3 Å². The van der Waals surface area contributed by atoms with Gasteiger partial charge in [0.25, 0.3) is 0 Å². The second-order valence-electron chi connectivity index (χ2n) is 5.52. The monoisotopic (exact) mass is 283 g/mol. The van der Waals surface area contributed by atoms with Crippen LogP contribution in [0.25, 0.3) is 0 Å². The van der Waals surface area contributed by atoms with Gasteiger partial charge in [0.15, 0.2) is 0 Å². The molecule has 0 saturated carbocycles. The van der Waals surface area contributed by atoms with Crippen LogP contribution < -0.4 is 10.2 Å². The van der Waals surface area contributed by atoms with Crippen LogP contribution in [0.15, 0.2) is 36.7 Å². The van der Waals surface area contributed by atoms with E-state index in [4.69, 9.17) is 0 Å². The molecule has 0 unspecified atom stereocenters. The van der Waals surface area contributed by atoms with Crippen LogP contribution in [0.3, 0.4) is 0 Å². The zero-order valence-electron chi connectivity index (χ0n) is 12.6. The number of rotatable bonds is 5.